The maximum Gasteiger partial charge on any atom is 0.287 e. The first-order valence-corrected chi connectivity index (χ1v) is 7.91. The lowest BCUT2D eigenvalue weighted by atomic mass is 9.81. The number of benzene rings is 1. The van der Waals surface area contributed by atoms with Gasteiger partial charge in [-0.25, -0.2) is 4.39 Å². The summed E-state index contributed by atoms with van der Waals surface area (Å²) in [5.41, 5.74) is 0.471. The van der Waals surface area contributed by atoms with Crippen LogP contribution >= 0.6 is 0 Å². The zero-order valence-electron chi connectivity index (χ0n) is 13.2. The monoisotopic (exact) mass is 316 g/mol. The topological polar surface area (TPSA) is 54.3 Å². The van der Waals surface area contributed by atoms with Crippen LogP contribution < -0.4 is 10.6 Å². The molecule has 1 amide bonds. The number of carbonyl (C=O) groups excluding carboxylic acids is 1. The molecule has 0 spiro atoms. The van der Waals surface area contributed by atoms with Crippen LogP contribution in [-0.4, -0.2) is 25.5 Å². The number of furan rings is 1. The molecule has 1 aliphatic heterocycles. The number of halogens is 1. The van der Waals surface area contributed by atoms with Crippen molar-refractivity contribution in [1.29, 1.82) is 0 Å². The third kappa shape index (κ3) is 3.62. The number of rotatable bonds is 4. The lowest BCUT2D eigenvalue weighted by Crippen LogP contribution is -2.42. The van der Waals surface area contributed by atoms with Gasteiger partial charge in [-0.15, -0.1) is 0 Å². The molecule has 2 aromatic rings. The summed E-state index contributed by atoms with van der Waals surface area (Å²) in [5.74, 6) is -0.0505. The van der Waals surface area contributed by atoms with Crippen LogP contribution in [0, 0.1) is 11.2 Å². The summed E-state index contributed by atoms with van der Waals surface area (Å²) in [6.45, 7) is 4.75. The van der Waals surface area contributed by atoms with Crippen LogP contribution in [0.1, 0.15) is 30.3 Å². The number of nitrogens with one attached hydrogen (secondary N) is 2. The van der Waals surface area contributed by atoms with Crippen molar-refractivity contribution in [2.75, 3.05) is 19.6 Å². The first-order valence-electron chi connectivity index (χ1n) is 7.91. The third-order valence-electron chi connectivity index (χ3n) is 4.46. The molecule has 0 atom stereocenters. The van der Waals surface area contributed by atoms with Crippen molar-refractivity contribution < 1.29 is 13.6 Å². The van der Waals surface area contributed by atoms with Crippen LogP contribution in [-0.2, 0) is 0 Å². The van der Waals surface area contributed by atoms with Gasteiger partial charge in [-0.3, -0.25) is 4.79 Å². The van der Waals surface area contributed by atoms with Crippen LogP contribution in [0.2, 0.25) is 0 Å². The highest BCUT2D eigenvalue weighted by Gasteiger charge is 2.27. The van der Waals surface area contributed by atoms with E-state index < -0.39 is 0 Å². The highest BCUT2D eigenvalue weighted by molar-refractivity contribution is 5.92. The fourth-order valence-corrected chi connectivity index (χ4v) is 2.85. The van der Waals surface area contributed by atoms with Crippen LogP contribution in [0.3, 0.4) is 0 Å². The fraction of sp³-hybridized carbons (Fsp3) is 0.389. The Hall–Kier alpha value is -2.14. The Bertz CT molecular complexity index is 690. The zero-order chi connectivity index (χ0) is 16.3. The summed E-state index contributed by atoms with van der Waals surface area (Å²) in [7, 11) is 0. The van der Waals surface area contributed by atoms with Crippen molar-refractivity contribution in [1.82, 2.24) is 10.6 Å². The molecule has 1 aromatic heterocycles. The van der Waals surface area contributed by atoms with Gasteiger partial charge in [0.15, 0.2) is 5.76 Å². The third-order valence-corrected chi connectivity index (χ3v) is 4.46. The smallest absolute Gasteiger partial charge is 0.287 e. The minimum Gasteiger partial charge on any atom is -0.451 e. The van der Waals surface area contributed by atoms with E-state index in [1.807, 2.05) is 0 Å². The van der Waals surface area contributed by atoms with E-state index in [9.17, 15) is 9.18 Å². The maximum atomic E-state index is 13.8. The molecule has 4 nitrogen and oxygen atoms in total. The van der Waals surface area contributed by atoms with E-state index in [1.54, 1.807) is 30.3 Å². The largest absolute Gasteiger partial charge is 0.451 e. The molecule has 23 heavy (non-hydrogen) atoms. The molecule has 1 saturated heterocycles. The Morgan fingerprint density at radius 2 is 2.00 bits per heavy atom. The predicted octanol–water partition coefficient (Wildman–Crippen LogP) is 3.21. The zero-order valence-corrected chi connectivity index (χ0v) is 13.2. The van der Waals surface area contributed by atoms with E-state index in [1.165, 1.54) is 6.07 Å². The first kappa shape index (κ1) is 15.7. The van der Waals surface area contributed by atoms with E-state index in [-0.39, 0.29) is 22.9 Å². The average molecular weight is 316 g/mol. The van der Waals surface area contributed by atoms with Crippen LogP contribution in [0.5, 0.6) is 0 Å². The molecule has 0 saturated carbocycles. The maximum absolute atomic E-state index is 13.8. The van der Waals surface area contributed by atoms with Gasteiger partial charge in [-0.05, 0) is 55.6 Å². The molecule has 3 rings (SSSR count). The van der Waals surface area contributed by atoms with E-state index in [2.05, 4.69) is 17.6 Å². The predicted molar refractivity (Wildman–Crippen MR) is 86.6 cm³/mol. The Morgan fingerprint density at radius 1 is 1.26 bits per heavy atom. The van der Waals surface area contributed by atoms with Gasteiger partial charge >= 0.3 is 0 Å². The molecule has 122 valence electrons. The Labute approximate surface area is 135 Å². The van der Waals surface area contributed by atoms with Gasteiger partial charge in [0.25, 0.3) is 5.91 Å². The van der Waals surface area contributed by atoms with Gasteiger partial charge < -0.3 is 15.1 Å². The molecule has 2 heterocycles. The second kappa shape index (κ2) is 6.54. The van der Waals surface area contributed by atoms with E-state index in [4.69, 9.17) is 4.42 Å². The summed E-state index contributed by atoms with van der Waals surface area (Å²) in [5, 5.41) is 6.25. The highest BCUT2D eigenvalue weighted by atomic mass is 19.1. The molecule has 1 aromatic carbocycles. The Morgan fingerprint density at radius 3 is 2.74 bits per heavy atom. The normalized spacial score (nSPS) is 17.0. The minimum absolute atomic E-state index is 0.113. The second-order valence-electron chi connectivity index (χ2n) is 6.39. The van der Waals surface area contributed by atoms with Crippen molar-refractivity contribution in [3.8, 4) is 11.3 Å². The van der Waals surface area contributed by atoms with Gasteiger partial charge in [-0.2, -0.15) is 0 Å². The lowest BCUT2D eigenvalue weighted by molar-refractivity contribution is 0.0895. The summed E-state index contributed by atoms with van der Waals surface area (Å²) in [4.78, 5) is 12.2. The summed E-state index contributed by atoms with van der Waals surface area (Å²) < 4.78 is 19.3. The molecule has 0 aliphatic carbocycles. The summed E-state index contributed by atoms with van der Waals surface area (Å²) in [6.07, 6.45) is 2.07. The minimum atomic E-state index is -0.365. The standard InChI is InChI=1S/C18H21FN2O2/c1-18(8-10-20-11-9-18)12-21-17(22)16-7-6-15(23-16)13-4-2-3-5-14(13)19/h2-7,20H,8-12H2,1H3,(H,21,22). The van der Waals surface area contributed by atoms with Gasteiger partial charge in [-0.1, -0.05) is 19.1 Å². The highest BCUT2D eigenvalue weighted by Crippen LogP contribution is 2.27. The number of piperidine rings is 1. The van der Waals surface area contributed by atoms with Crippen molar-refractivity contribution in [3.63, 3.8) is 0 Å². The number of hydrogen-bond acceptors (Lipinski definition) is 3. The van der Waals surface area contributed by atoms with Gasteiger partial charge in [0.2, 0.25) is 0 Å². The summed E-state index contributed by atoms with van der Waals surface area (Å²) in [6, 6.07) is 9.57. The molecule has 1 fully saturated rings. The van der Waals surface area contributed by atoms with Crippen molar-refractivity contribution in [3.05, 3.63) is 48.0 Å². The van der Waals surface area contributed by atoms with Crippen molar-refractivity contribution in [2.45, 2.75) is 19.8 Å². The van der Waals surface area contributed by atoms with Gasteiger partial charge in [0.1, 0.15) is 11.6 Å². The van der Waals surface area contributed by atoms with Gasteiger partial charge in [0.05, 0.1) is 5.56 Å². The quantitative estimate of drug-likeness (QED) is 0.911. The van der Waals surface area contributed by atoms with Crippen LogP contribution in [0.4, 0.5) is 4.39 Å². The van der Waals surface area contributed by atoms with Crippen LogP contribution in [0.15, 0.2) is 40.8 Å². The fourth-order valence-electron chi connectivity index (χ4n) is 2.85. The Balaban J connectivity index is 1.66. The molecular weight excluding hydrogens is 295 g/mol. The lowest BCUT2D eigenvalue weighted by Gasteiger charge is -2.33. The number of amides is 1. The molecule has 2 N–H and O–H groups in total. The number of carbonyl (C=O) groups is 1. The SMILES string of the molecule is CC1(CNC(=O)c2ccc(-c3ccccc3F)o2)CCNCC1. The molecule has 1 aliphatic rings. The number of hydrogen-bond donors (Lipinski definition) is 2. The van der Waals surface area contributed by atoms with E-state index >= 15 is 0 Å². The summed E-state index contributed by atoms with van der Waals surface area (Å²) >= 11 is 0. The van der Waals surface area contributed by atoms with Crippen LogP contribution in [0.25, 0.3) is 11.3 Å². The Kier molecular flexibility index (Phi) is 4.48. The molecule has 0 radical (unpaired) electrons. The van der Waals surface area contributed by atoms with Gasteiger partial charge in [0, 0.05) is 6.54 Å². The molecule has 5 heteroatoms. The molecular formula is C18H21FN2O2. The van der Waals surface area contributed by atoms with Crippen molar-refractivity contribution in [2.24, 2.45) is 5.41 Å². The van der Waals surface area contributed by atoms with E-state index in [0.717, 1.165) is 25.9 Å². The second-order valence-corrected chi connectivity index (χ2v) is 6.39. The molecule has 0 bridgehead atoms. The first-order chi connectivity index (χ1) is 11.1. The van der Waals surface area contributed by atoms with E-state index in [0.29, 0.717) is 17.9 Å². The molecule has 0 unspecified atom stereocenters. The van der Waals surface area contributed by atoms with Crippen molar-refractivity contribution >= 4 is 5.91 Å². The average Bonchev–Trinajstić information content (AvgIpc) is 3.04.